The number of aromatic nitrogens is 1. The number of hydrogen-bond donors (Lipinski definition) is 2. The molecule has 1 heterocycles. The summed E-state index contributed by atoms with van der Waals surface area (Å²) >= 11 is 6.01. The Labute approximate surface area is 128 Å². The zero-order chi connectivity index (χ0) is 15.2. The first kappa shape index (κ1) is 15.1. The molecule has 2 aromatic rings. The molecule has 0 aliphatic rings. The summed E-state index contributed by atoms with van der Waals surface area (Å²) in [5.41, 5.74) is 1.49. The van der Waals surface area contributed by atoms with Gasteiger partial charge in [-0.3, -0.25) is 4.98 Å². The summed E-state index contributed by atoms with van der Waals surface area (Å²) in [6.45, 7) is 1.89. The Morgan fingerprint density at radius 1 is 1.29 bits per heavy atom. The number of urea groups is 1. The number of hydrogen-bond acceptors (Lipinski definition) is 3. The van der Waals surface area contributed by atoms with Crippen molar-refractivity contribution in [1.29, 1.82) is 0 Å². The van der Waals surface area contributed by atoms with Gasteiger partial charge >= 0.3 is 6.03 Å². The zero-order valence-corrected chi connectivity index (χ0v) is 12.5. The number of pyridine rings is 1. The van der Waals surface area contributed by atoms with Gasteiger partial charge in [-0.15, -0.1) is 0 Å². The standard InChI is InChI=1S/C15H16ClN3O2/c1-10(11-6-8-17-9-7-11)18-15(20)19-13-5-3-4-12(16)14(13)21-2/h3-10H,1-2H3,(H2,18,19,20). The third-order valence-electron chi connectivity index (χ3n) is 2.97. The fraction of sp³-hybridized carbons (Fsp3) is 0.200. The second kappa shape index (κ2) is 6.95. The molecule has 0 aliphatic heterocycles. The summed E-state index contributed by atoms with van der Waals surface area (Å²) in [7, 11) is 1.50. The Balaban J connectivity index is 2.04. The van der Waals surface area contributed by atoms with E-state index < -0.39 is 0 Å². The molecular formula is C15H16ClN3O2. The van der Waals surface area contributed by atoms with Crippen LogP contribution < -0.4 is 15.4 Å². The number of carbonyl (C=O) groups is 1. The number of anilines is 1. The SMILES string of the molecule is COc1c(Cl)cccc1NC(=O)NC(C)c1ccncc1. The molecule has 1 atom stereocenters. The van der Waals surface area contributed by atoms with E-state index in [1.165, 1.54) is 7.11 Å². The molecule has 0 saturated heterocycles. The molecule has 5 nitrogen and oxygen atoms in total. The van der Waals surface area contributed by atoms with Crippen molar-refractivity contribution >= 4 is 23.3 Å². The van der Waals surface area contributed by atoms with Crippen LogP contribution in [0.2, 0.25) is 5.02 Å². The monoisotopic (exact) mass is 305 g/mol. The summed E-state index contributed by atoms with van der Waals surface area (Å²) in [5.74, 6) is 0.436. The van der Waals surface area contributed by atoms with Gasteiger partial charge in [0.2, 0.25) is 0 Å². The lowest BCUT2D eigenvalue weighted by molar-refractivity contribution is 0.249. The van der Waals surface area contributed by atoms with E-state index in [2.05, 4.69) is 15.6 Å². The van der Waals surface area contributed by atoms with Crippen LogP contribution in [0.4, 0.5) is 10.5 Å². The van der Waals surface area contributed by atoms with Crippen LogP contribution in [0, 0.1) is 0 Å². The number of ether oxygens (including phenoxy) is 1. The highest BCUT2D eigenvalue weighted by Crippen LogP contribution is 2.32. The second-order valence-electron chi connectivity index (χ2n) is 4.42. The molecule has 0 radical (unpaired) electrons. The van der Waals surface area contributed by atoms with E-state index in [9.17, 15) is 4.79 Å². The lowest BCUT2D eigenvalue weighted by Crippen LogP contribution is -2.31. The first-order valence-corrected chi connectivity index (χ1v) is 6.79. The molecule has 0 aliphatic carbocycles. The zero-order valence-electron chi connectivity index (χ0n) is 11.8. The van der Waals surface area contributed by atoms with Gasteiger partial charge in [-0.2, -0.15) is 0 Å². The summed E-state index contributed by atoms with van der Waals surface area (Å²) in [5, 5.41) is 6.01. The van der Waals surface area contributed by atoms with Crippen molar-refractivity contribution in [2.75, 3.05) is 12.4 Å². The lowest BCUT2D eigenvalue weighted by atomic mass is 10.1. The van der Waals surface area contributed by atoms with Crippen molar-refractivity contribution in [3.05, 3.63) is 53.3 Å². The van der Waals surface area contributed by atoms with Crippen LogP contribution in [0.25, 0.3) is 0 Å². The van der Waals surface area contributed by atoms with Gasteiger partial charge < -0.3 is 15.4 Å². The van der Waals surface area contributed by atoms with Crippen LogP contribution in [-0.4, -0.2) is 18.1 Å². The molecule has 1 aromatic heterocycles. The maximum atomic E-state index is 12.0. The number of nitrogens with one attached hydrogen (secondary N) is 2. The van der Waals surface area contributed by atoms with Gasteiger partial charge in [-0.05, 0) is 36.8 Å². The van der Waals surface area contributed by atoms with E-state index in [4.69, 9.17) is 16.3 Å². The average Bonchev–Trinajstić information content (AvgIpc) is 2.48. The number of nitrogens with zero attached hydrogens (tertiary/aromatic N) is 1. The average molecular weight is 306 g/mol. The molecule has 0 spiro atoms. The number of methoxy groups -OCH3 is 1. The molecule has 1 unspecified atom stereocenters. The fourth-order valence-electron chi connectivity index (χ4n) is 1.91. The predicted molar refractivity (Wildman–Crippen MR) is 82.8 cm³/mol. The van der Waals surface area contributed by atoms with E-state index in [-0.39, 0.29) is 12.1 Å². The van der Waals surface area contributed by atoms with Crippen LogP contribution in [-0.2, 0) is 0 Å². The molecule has 2 amide bonds. The minimum atomic E-state index is -0.333. The number of halogens is 1. The van der Waals surface area contributed by atoms with Crippen molar-refractivity contribution < 1.29 is 9.53 Å². The van der Waals surface area contributed by atoms with Gasteiger partial charge in [-0.25, -0.2) is 4.79 Å². The lowest BCUT2D eigenvalue weighted by Gasteiger charge is -2.16. The summed E-state index contributed by atoms with van der Waals surface area (Å²) in [6.07, 6.45) is 3.37. The quantitative estimate of drug-likeness (QED) is 0.906. The van der Waals surface area contributed by atoms with Crippen LogP contribution in [0.15, 0.2) is 42.7 Å². The number of rotatable bonds is 4. The van der Waals surface area contributed by atoms with E-state index in [1.54, 1.807) is 30.6 Å². The number of para-hydroxylation sites is 1. The normalized spacial score (nSPS) is 11.6. The molecule has 110 valence electrons. The minimum absolute atomic E-state index is 0.141. The Hall–Kier alpha value is -2.27. The topological polar surface area (TPSA) is 63.2 Å². The molecule has 0 saturated carbocycles. The van der Waals surface area contributed by atoms with E-state index >= 15 is 0 Å². The molecule has 1 aromatic carbocycles. The maximum Gasteiger partial charge on any atom is 0.319 e. The summed E-state index contributed by atoms with van der Waals surface area (Å²) in [4.78, 5) is 16.0. The Morgan fingerprint density at radius 2 is 2.00 bits per heavy atom. The van der Waals surface area contributed by atoms with Gasteiger partial charge in [-0.1, -0.05) is 17.7 Å². The third-order valence-corrected chi connectivity index (χ3v) is 3.27. The number of carbonyl (C=O) groups excluding carboxylic acids is 1. The van der Waals surface area contributed by atoms with Gasteiger partial charge in [0, 0.05) is 12.4 Å². The highest BCUT2D eigenvalue weighted by atomic mass is 35.5. The molecule has 21 heavy (non-hydrogen) atoms. The van der Waals surface area contributed by atoms with Gasteiger partial charge in [0.1, 0.15) is 0 Å². The van der Waals surface area contributed by atoms with E-state index in [0.717, 1.165) is 5.56 Å². The smallest absolute Gasteiger partial charge is 0.319 e. The third kappa shape index (κ3) is 3.86. The maximum absolute atomic E-state index is 12.0. The summed E-state index contributed by atoms with van der Waals surface area (Å²) < 4.78 is 5.18. The summed E-state index contributed by atoms with van der Waals surface area (Å²) in [6, 6.07) is 8.39. The van der Waals surface area contributed by atoms with E-state index in [0.29, 0.717) is 16.5 Å². The largest absolute Gasteiger partial charge is 0.493 e. The number of amides is 2. The van der Waals surface area contributed by atoms with Crippen LogP contribution >= 0.6 is 11.6 Å². The Morgan fingerprint density at radius 3 is 2.67 bits per heavy atom. The predicted octanol–water partition coefficient (Wildman–Crippen LogP) is 3.63. The molecule has 6 heteroatoms. The van der Waals surface area contributed by atoms with Crippen LogP contribution in [0.5, 0.6) is 5.75 Å². The van der Waals surface area contributed by atoms with Crippen molar-refractivity contribution in [1.82, 2.24) is 10.3 Å². The first-order valence-electron chi connectivity index (χ1n) is 6.41. The molecule has 2 N–H and O–H groups in total. The Bertz CT molecular complexity index is 620. The second-order valence-corrected chi connectivity index (χ2v) is 4.83. The van der Waals surface area contributed by atoms with Gasteiger partial charge in [0.05, 0.1) is 23.9 Å². The number of benzene rings is 1. The molecule has 2 rings (SSSR count). The van der Waals surface area contributed by atoms with E-state index in [1.807, 2.05) is 19.1 Å². The van der Waals surface area contributed by atoms with Crippen LogP contribution in [0.3, 0.4) is 0 Å². The highest BCUT2D eigenvalue weighted by Gasteiger charge is 2.13. The Kier molecular flexibility index (Phi) is 5.00. The van der Waals surface area contributed by atoms with Crippen molar-refractivity contribution in [3.8, 4) is 5.75 Å². The molecular weight excluding hydrogens is 290 g/mol. The van der Waals surface area contributed by atoms with Crippen molar-refractivity contribution in [3.63, 3.8) is 0 Å². The van der Waals surface area contributed by atoms with Crippen molar-refractivity contribution in [2.24, 2.45) is 0 Å². The molecule has 0 bridgehead atoms. The van der Waals surface area contributed by atoms with Crippen molar-refractivity contribution in [2.45, 2.75) is 13.0 Å². The van der Waals surface area contributed by atoms with Gasteiger partial charge in [0.15, 0.2) is 5.75 Å². The molecule has 0 fully saturated rings. The van der Waals surface area contributed by atoms with Crippen LogP contribution in [0.1, 0.15) is 18.5 Å². The minimum Gasteiger partial charge on any atom is -0.493 e. The van der Waals surface area contributed by atoms with Gasteiger partial charge in [0.25, 0.3) is 0 Å². The first-order chi connectivity index (χ1) is 10.1. The highest BCUT2D eigenvalue weighted by molar-refractivity contribution is 6.32. The fourth-order valence-corrected chi connectivity index (χ4v) is 2.16.